The summed E-state index contributed by atoms with van der Waals surface area (Å²) in [5, 5.41) is 14.9. The molecular weight excluding hydrogens is 434 g/mol. The summed E-state index contributed by atoms with van der Waals surface area (Å²) in [6.45, 7) is 1.68. The molecule has 3 aromatic rings. The van der Waals surface area contributed by atoms with E-state index in [1.807, 2.05) is 35.9 Å². The molecule has 1 N–H and O–H groups in total. The molecule has 0 radical (unpaired) electrons. The summed E-state index contributed by atoms with van der Waals surface area (Å²) in [5.41, 5.74) is 1.54. The monoisotopic (exact) mass is 457 g/mol. The van der Waals surface area contributed by atoms with Crippen LogP contribution in [0.25, 0.3) is 11.4 Å². The summed E-state index contributed by atoms with van der Waals surface area (Å²) < 4.78 is 1.82. The first kappa shape index (κ1) is 20.5. The zero-order chi connectivity index (χ0) is 23.4. The SMILES string of the molecule is C[C@@]12CCC(=O)N1c1ccccc1C(=O)N2CC(=O)Nc1cccc(-c2nnnn2C2CC2)c1. The second-order valence-corrected chi connectivity index (χ2v) is 9.16. The number of tetrazole rings is 1. The Labute approximate surface area is 195 Å². The van der Waals surface area contributed by atoms with Crippen molar-refractivity contribution in [2.24, 2.45) is 0 Å². The van der Waals surface area contributed by atoms with Crippen LogP contribution in [0.15, 0.2) is 48.5 Å². The molecule has 0 unspecified atom stereocenters. The summed E-state index contributed by atoms with van der Waals surface area (Å²) in [6, 6.07) is 14.7. The Kier molecular flexibility index (Phi) is 4.51. The van der Waals surface area contributed by atoms with E-state index in [9.17, 15) is 14.4 Å². The van der Waals surface area contributed by atoms with Gasteiger partial charge in [0.2, 0.25) is 11.8 Å². The van der Waals surface area contributed by atoms with Crippen LogP contribution in [-0.2, 0) is 9.59 Å². The Morgan fingerprint density at radius 1 is 1.15 bits per heavy atom. The zero-order valence-corrected chi connectivity index (χ0v) is 18.6. The highest BCUT2D eigenvalue weighted by atomic mass is 16.2. The Morgan fingerprint density at radius 3 is 2.79 bits per heavy atom. The van der Waals surface area contributed by atoms with Gasteiger partial charge in [0.05, 0.1) is 17.3 Å². The van der Waals surface area contributed by atoms with Gasteiger partial charge in [-0.2, -0.15) is 0 Å². The van der Waals surface area contributed by atoms with Crippen molar-refractivity contribution in [2.75, 3.05) is 16.8 Å². The summed E-state index contributed by atoms with van der Waals surface area (Å²) in [4.78, 5) is 42.3. The molecule has 0 spiro atoms. The zero-order valence-electron chi connectivity index (χ0n) is 18.6. The molecule has 2 aliphatic heterocycles. The first-order valence-electron chi connectivity index (χ1n) is 11.4. The van der Waals surface area contributed by atoms with Gasteiger partial charge in [-0.1, -0.05) is 24.3 Å². The van der Waals surface area contributed by atoms with Crippen LogP contribution in [0.2, 0.25) is 0 Å². The van der Waals surface area contributed by atoms with Crippen molar-refractivity contribution in [3.05, 3.63) is 54.1 Å². The van der Waals surface area contributed by atoms with Crippen LogP contribution in [0.4, 0.5) is 11.4 Å². The second kappa shape index (κ2) is 7.47. The molecular formula is C24H23N7O3. The number of hydrogen-bond acceptors (Lipinski definition) is 6. The average Bonchev–Trinajstić information content (AvgIpc) is 3.47. The van der Waals surface area contributed by atoms with Crippen LogP contribution >= 0.6 is 0 Å². The number of benzene rings is 2. The van der Waals surface area contributed by atoms with Gasteiger partial charge >= 0.3 is 0 Å². The molecule has 1 aliphatic carbocycles. The molecule has 0 bridgehead atoms. The number of rotatable bonds is 5. The molecule has 34 heavy (non-hydrogen) atoms. The van der Waals surface area contributed by atoms with Crippen molar-refractivity contribution in [1.82, 2.24) is 25.1 Å². The molecule has 2 aromatic carbocycles. The molecule has 1 atom stereocenters. The number of fused-ring (bicyclic) bond motifs is 3. The molecule has 6 rings (SSSR count). The normalized spacial score (nSPS) is 21.4. The van der Waals surface area contributed by atoms with Crippen molar-refractivity contribution < 1.29 is 14.4 Å². The molecule has 3 amide bonds. The van der Waals surface area contributed by atoms with Crippen LogP contribution < -0.4 is 10.2 Å². The molecule has 3 heterocycles. The van der Waals surface area contributed by atoms with E-state index in [1.165, 1.54) is 4.90 Å². The highest BCUT2D eigenvalue weighted by Crippen LogP contribution is 2.44. The van der Waals surface area contributed by atoms with Gasteiger partial charge in [0.25, 0.3) is 5.91 Å². The number of para-hydroxylation sites is 1. The summed E-state index contributed by atoms with van der Waals surface area (Å²) >= 11 is 0. The van der Waals surface area contributed by atoms with E-state index >= 15 is 0 Å². The quantitative estimate of drug-likeness (QED) is 0.630. The summed E-state index contributed by atoms with van der Waals surface area (Å²) in [7, 11) is 0. The molecule has 1 saturated carbocycles. The maximum atomic E-state index is 13.4. The topological polar surface area (TPSA) is 113 Å². The lowest BCUT2D eigenvalue weighted by Crippen LogP contribution is -2.63. The van der Waals surface area contributed by atoms with Gasteiger partial charge in [-0.25, -0.2) is 4.68 Å². The van der Waals surface area contributed by atoms with Gasteiger partial charge in [0.15, 0.2) is 5.82 Å². The fraction of sp³-hybridized carbons (Fsp3) is 0.333. The average molecular weight is 457 g/mol. The Hall–Kier alpha value is -4.08. The summed E-state index contributed by atoms with van der Waals surface area (Å²) in [5.74, 6) is 0.0201. The fourth-order valence-corrected chi connectivity index (χ4v) is 4.97. The minimum atomic E-state index is -0.881. The van der Waals surface area contributed by atoms with E-state index < -0.39 is 5.66 Å². The van der Waals surface area contributed by atoms with Crippen LogP contribution in [0.3, 0.4) is 0 Å². The highest BCUT2D eigenvalue weighted by Gasteiger charge is 2.53. The van der Waals surface area contributed by atoms with Crippen LogP contribution in [0.1, 0.15) is 49.0 Å². The van der Waals surface area contributed by atoms with E-state index in [0.717, 1.165) is 18.4 Å². The van der Waals surface area contributed by atoms with Crippen molar-refractivity contribution in [2.45, 2.75) is 44.3 Å². The third kappa shape index (κ3) is 3.17. The van der Waals surface area contributed by atoms with E-state index in [1.54, 1.807) is 29.2 Å². The van der Waals surface area contributed by atoms with Gasteiger partial charge in [-0.15, -0.1) is 5.10 Å². The number of amides is 3. The number of carbonyl (C=O) groups is 3. The van der Waals surface area contributed by atoms with Crippen molar-refractivity contribution >= 4 is 29.1 Å². The van der Waals surface area contributed by atoms with Crippen LogP contribution in [-0.4, -0.2) is 55.0 Å². The minimum Gasteiger partial charge on any atom is -0.325 e. The number of nitrogens with zero attached hydrogens (tertiary/aromatic N) is 6. The highest BCUT2D eigenvalue weighted by molar-refractivity contribution is 6.11. The number of aromatic nitrogens is 4. The largest absolute Gasteiger partial charge is 0.325 e. The number of carbonyl (C=O) groups excluding carboxylic acids is 3. The van der Waals surface area contributed by atoms with Crippen molar-refractivity contribution in [3.8, 4) is 11.4 Å². The van der Waals surface area contributed by atoms with E-state index in [2.05, 4.69) is 20.8 Å². The maximum absolute atomic E-state index is 13.4. The van der Waals surface area contributed by atoms with Crippen molar-refractivity contribution in [1.29, 1.82) is 0 Å². The fourth-order valence-electron chi connectivity index (χ4n) is 4.97. The van der Waals surface area contributed by atoms with Crippen molar-refractivity contribution in [3.63, 3.8) is 0 Å². The van der Waals surface area contributed by atoms with Gasteiger partial charge in [0.1, 0.15) is 12.2 Å². The second-order valence-electron chi connectivity index (χ2n) is 9.16. The van der Waals surface area contributed by atoms with E-state index in [0.29, 0.717) is 41.6 Å². The standard InChI is InChI=1S/C24H23N7O3/c1-24-12-11-21(33)30(24)19-8-3-2-7-18(19)23(34)29(24)14-20(32)25-16-6-4-5-15(13-16)22-26-27-28-31(22)17-9-10-17/h2-8,13,17H,9-12,14H2,1H3,(H,25,32)/t24-/m0/s1. The molecule has 1 aromatic heterocycles. The first-order chi connectivity index (χ1) is 16.5. The molecule has 2 fully saturated rings. The predicted octanol–water partition coefficient (Wildman–Crippen LogP) is 2.61. The predicted molar refractivity (Wildman–Crippen MR) is 123 cm³/mol. The lowest BCUT2D eigenvalue weighted by Gasteiger charge is -2.48. The minimum absolute atomic E-state index is 0.0473. The van der Waals surface area contributed by atoms with Crippen LogP contribution in [0.5, 0.6) is 0 Å². The third-order valence-corrected chi connectivity index (χ3v) is 6.84. The number of nitrogens with one attached hydrogen (secondary N) is 1. The molecule has 10 heteroatoms. The number of hydrogen-bond donors (Lipinski definition) is 1. The third-order valence-electron chi connectivity index (χ3n) is 6.84. The lowest BCUT2D eigenvalue weighted by molar-refractivity contribution is -0.120. The van der Waals surface area contributed by atoms with Gasteiger partial charge in [0, 0.05) is 17.7 Å². The smallest absolute Gasteiger partial charge is 0.258 e. The molecule has 1 saturated heterocycles. The summed E-state index contributed by atoms with van der Waals surface area (Å²) in [6.07, 6.45) is 2.91. The maximum Gasteiger partial charge on any atom is 0.258 e. The molecule has 10 nitrogen and oxygen atoms in total. The Morgan fingerprint density at radius 2 is 1.97 bits per heavy atom. The van der Waals surface area contributed by atoms with Gasteiger partial charge in [-0.3, -0.25) is 19.3 Å². The van der Waals surface area contributed by atoms with E-state index in [4.69, 9.17) is 0 Å². The molecule has 3 aliphatic rings. The molecule has 172 valence electrons. The van der Waals surface area contributed by atoms with E-state index in [-0.39, 0.29) is 24.3 Å². The Bertz CT molecular complexity index is 1330. The number of anilines is 2. The van der Waals surface area contributed by atoms with Crippen LogP contribution in [0, 0.1) is 0 Å². The van der Waals surface area contributed by atoms with Gasteiger partial charge in [-0.05, 0) is 60.9 Å². The lowest BCUT2D eigenvalue weighted by atomic mass is 9.98. The first-order valence-corrected chi connectivity index (χ1v) is 11.4. The Balaban J connectivity index is 1.25. The van der Waals surface area contributed by atoms with Gasteiger partial charge < -0.3 is 10.2 Å².